The molecule has 0 fully saturated rings. The average Bonchev–Trinajstić information content (AvgIpc) is 0. The zero-order chi connectivity index (χ0) is 0. The molecule has 1 radical (unpaired) electrons. The van der Waals surface area contributed by atoms with Gasteiger partial charge in [0.25, 0.3) is 0 Å². The van der Waals surface area contributed by atoms with Crippen LogP contribution < -0.4 is 0 Å². The molecule has 5 heavy (non-hydrogen) atoms. The monoisotopic (exact) mass is 203 g/mol. The predicted molar refractivity (Wildman–Crippen MR) is 27.9 cm³/mol. The van der Waals surface area contributed by atoms with Gasteiger partial charge in [-0.2, -0.15) is 0 Å². The van der Waals surface area contributed by atoms with E-state index in [4.69, 9.17) is 0 Å². The Kier molecular flexibility index (Phi) is 288. The molecule has 0 saturated carbocycles. The maximum Gasteiger partial charge on any atom is 2.00 e. The minimum atomic E-state index is 0. The van der Waals surface area contributed by atoms with Gasteiger partial charge in [-0.1, -0.05) is 0 Å². The summed E-state index contributed by atoms with van der Waals surface area (Å²) >= 11 is 0. The van der Waals surface area contributed by atoms with Crippen molar-refractivity contribution in [1.82, 2.24) is 0 Å². The van der Waals surface area contributed by atoms with Gasteiger partial charge < -0.3 is 2.85 Å². The van der Waals surface area contributed by atoms with Crippen LogP contribution in [-0.2, 0) is 36.8 Å². The van der Waals surface area contributed by atoms with Gasteiger partial charge in [0.05, 0.1) is 0 Å². The molecular formula is H8AlCrMgSiZn. The van der Waals surface area contributed by atoms with Crippen molar-refractivity contribution in [2.24, 2.45) is 0 Å². The molecule has 5 heteroatoms. The van der Waals surface area contributed by atoms with E-state index in [1.165, 1.54) is 0 Å². The van der Waals surface area contributed by atoms with Gasteiger partial charge in [-0.15, -0.1) is 0 Å². The predicted octanol–water partition coefficient (Wildman–Crippen LogP) is -2.53. The molecule has 0 nitrogen and oxygen atoms in total. The van der Waals surface area contributed by atoms with Crippen LogP contribution in [-0.4, -0.2) is 51.4 Å². The molecule has 0 heterocycles. The van der Waals surface area contributed by atoms with Crippen LogP contribution >= 0.6 is 0 Å². The average molecular weight is 205 g/mol. The smallest absolute Gasteiger partial charge is 1.00 e. The third-order valence-corrected chi connectivity index (χ3v) is 0. The Morgan fingerprint density at radius 2 is 1.20 bits per heavy atom. The zero-order valence-corrected chi connectivity index (χ0v) is 10.5. The summed E-state index contributed by atoms with van der Waals surface area (Å²) in [6.45, 7) is 0. The van der Waals surface area contributed by atoms with Gasteiger partial charge >= 0.3 is 23.1 Å². The van der Waals surface area contributed by atoms with Gasteiger partial charge in [0.2, 0.25) is 0 Å². The van der Waals surface area contributed by atoms with E-state index in [1.54, 1.807) is 0 Å². The molecule has 0 bridgehead atoms. The van der Waals surface area contributed by atoms with Crippen LogP contribution in [0.4, 0.5) is 0 Å². The van der Waals surface area contributed by atoms with Crippen molar-refractivity contribution in [3.8, 4) is 0 Å². The third kappa shape index (κ3) is 20.4. The first-order valence-electron chi connectivity index (χ1n) is 0. The van der Waals surface area contributed by atoms with Crippen molar-refractivity contribution in [3.63, 3.8) is 0 Å². The fraction of sp³-hybridized carbons (Fsp3) is 0. The Bertz CT molecular complexity index is 17.7. The molecule has 0 N–H and O–H groups in total. The van der Waals surface area contributed by atoms with Crippen LogP contribution in [0.15, 0.2) is 0 Å². The summed E-state index contributed by atoms with van der Waals surface area (Å²) in [6, 6.07) is 0. The quantitative estimate of drug-likeness (QED) is 0.382. The van der Waals surface area contributed by atoms with Gasteiger partial charge in [0.1, 0.15) is 0 Å². The molecule has 0 aliphatic carbocycles. The van der Waals surface area contributed by atoms with E-state index in [9.17, 15) is 0 Å². The Hall–Kier alpha value is 2.67. The summed E-state index contributed by atoms with van der Waals surface area (Å²) in [5, 5.41) is 0. The number of rotatable bonds is 0. The fourth-order valence-electron chi connectivity index (χ4n) is 0. The normalized spacial score (nSPS) is 0. The zero-order valence-electron chi connectivity index (χ0n) is 4.82. The van der Waals surface area contributed by atoms with Gasteiger partial charge in [0, 0.05) is 36.8 Å². The van der Waals surface area contributed by atoms with Crippen molar-refractivity contribution < 1.29 is 39.7 Å². The van der Waals surface area contributed by atoms with Gasteiger partial charge in [-0.3, -0.25) is 0 Å². The molecule has 0 rings (SSSR count). The first kappa shape index (κ1) is 47.8. The maximum atomic E-state index is 0. The molecule has 0 saturated heterocycles. The molecule has 0 aromatic rings. The topological polar surface area (TPSA) is 0 Å². The summed E-state index contributed by atoms with van der Waals surface area (Å²) in [6.07, 6.45) is 0. The van der Waals surface area contributed by atoms with E-state index in [0.717, 1.165) is 0 Å². The van der Waals surface area contributed by atoms with E-state index in [0.29, 0.717) is 0 Å². The van der Waals surface area contributed by atoms with Crippen LogP contribution in [0, 0.1) is 0 Å². The van der Waals surface area contributed by atoms with Gasteiger partial charge in [-0.05, 0) is 11.0 Å². The Labute approximate surface area is 90.0 Å². The molecule has 0 aromatic carbocycles. The second-order valence-corrected chi connectivity index (χ2v) is 0. The van der Waals surface area contributed by atoms with Crippen molar-refractivity contribution in [2.75, 3.05) is 0 Å². The van der Waals surface area contributed by atoms with E-state index in [1.807, 2.05) is 0 Å². The second-order valence-electron chi connectivity index (χ2n) is 0. The van der Waals surface area contributed by atoms with Crippen molar-refractivity contribution in [3.05, 3.63) is 0 Å². The minimum Gasteiger partial charge on any atom is -1.00 e. The maximum absolute atomic E-state index is 0. The summed E-state index contributed by atoms with van der Waals surface area (Å²) in [7, 11) is 0. The van der Waals surface area contributed by atoms with E-state index >= 15 is 0 Å². The first-order valence-corrected chi connectivity index (χ1v) is 0. The number of hydrogen-bond acceptors (Lipinski definition) is 0. The van der Waals surface area contributed by atoms with E-state index in [-0.39, 0.29) is 91.1 Å². The molecule has 25 valence electrons. The van der Waals surface area contributed by atoms with Crippen molar-refractivity contribution >= 4 is 51.4 Å². The summed E-state index contributed by atoms with van der Waals surface area (Å²) in [4.78, 5) is 0. The summed E-state index contributed by atoms with van der Waals surface area (Å²) < 4.78 is 0. The molecule has 0 amide bonds. The molecule has 0 unspecified atom stereocenters. The molecule has 0 aliphatic rings. The standard InChI is InChI=1S/Al.Cr.Mg.H3Si.Zn.5H/h;;;1H3;;;;;;/q;;+2;;;;;;2*-1. The van der Waals surface area contributed by atoms with Gasteiger partial charge in [-0.25, -0.2) is 0 Å². The van der Waals surface area contributed by atoms with E-state index < -0.39 is 0 Å². The van der Waals surface area contributed by atoms with E-state index in [2.05, 4.69) is 0 Å². The molecule has 0 spiro atoms. The molecule has 0 atom stereocenters. The SMILES string of the molecule is [AlH3].[Cr].[H-].[H-].[Mg+2].[SiH3].[Zn]. The van der Waals surface area contributed by atoms with Crippen molar-refractivity contribution in [1.29, 1.82) is 0 Å². The van der Waals surface area contributed by atoms with Crippen molar-refractivity contribution in [2.45, 2.75) is 0 Å². The van der Waals surface area contributed by atoms with Crippen LogP contribution in [0.3, 0.4) is 0 Å². The minimum absolute atomic E-state index is 0. The second kappa shape index (κ2) is 30.1. The van der Waals surface area contributed by atoms with Crippen LogP contribution in [0.2, 0.25) is 0 Å². The van der Waals surface area contributed by atoms with Gasteiger partial charge in [0.15, 0.2) is 17.4 Å². The molecule has 0 aromatic heterocycles. The Morgan fingerprint density at radius 3 is 1.20 bits per heavy atom. The van der Waals surface area contributed by atoms with Crippen LogP contribution in [0.5, 0.6) is 0 Å². The Morgan fingerprint density at radius 1 is 1.20 bits per heavy atom. The van der Waals surface area contributed by atoms with Crippen LogP contribution in [0.1, 0.15) is 2.85 Å². The summed E-state index contributed by atoms with van der Waals surface area (Å²) in [5.41, 5.74) is 0. The van der Waals surface area contributed by atoms with Crippen LogP contribution in [0.25, 0.3) is 0 Å². The summed E-state index contributed by atoms with van der Waals surface area (Å²) in [5.74, 6) is 0. The Balaban J connectivity index is 0. The first-order chi connectivity index (χ1) is 0. The number of hydrogen-bond donors (Lipinski definition) is 0. The molecular weight excluding hydrogens is 197 g/mol. The largest absolute Gasteiger partial charge is 2.00 e. The fourth-order valence-corrected chi connectivity index (χ4v) is 0. The molecule has 0 aliphatic heterocycles. The third-order valence-electron chi connectivity index (χ3n) is 0.